The molecule has 0 amide bonds. The quantitative estimate of drug-likeness (QED) is 0.850. The van der Waals surface area contributed by atoms with Gasteiger partial charge in [-0.2, -0.15) is 0 Å². The molecule has 1 aromatic carbocycles. The van der Waals surface area contributed by atoms with Crippen molar-refractivity contribution in [3.63, 3.8) is 0 Å². The number of hydrogen-bond donors (Lipinski definition) is 1. The van der Waals surface area contributed by atoms with Gasteiger partial charge in [-0.15, -0.1) is 0 Å². The van der Waals surface area contributed by atoms with Crippen LogP contribution in [0, 0.1) is 5.92 Å². The van der Waals surface area contributed by atoms with Crippen molar-refractivity contribution < 1.29 is 14.3 Å². The van der Waals surface area contributed by atoms with Crippen LogP contribution in [0.4, 0.5) is 4.79 Å². The number of carbonyl (C=O) groups excluding carboxylic acids is 1. The van der Waals surface area contributed by atoms with Gasteiger partial charge in [0.15, 0.2) is 6.23 Å². The number of fused-ring (bicyclic) bond motifs is 1. The lowest BCUT2D eigenvalue weighted by Crippen LogP contribution is -2.33. The molecule has 0 aromatic heterocycles. The molecule has 4 heteroatoms. The average Bonchev–Trinajstić information content (AvgIpc) is 2.98. The molecule has 1 aliphatic heterocycles. The smallest absolute Gasteiger partial charge is 0.429 e. The highest BCUT2D eigenvalue weighted by Crippen LogP contribution is 2.34. The molecule has 2 fully saturated rings. The summed E-state index contributed by atoms with van der Waals surface area (Å²) in [5.74, 6) is 0.673. The molecule has 0 bridgehead atoms. The van der Waals surface area contributed by atoms with Crippen molar-refractivity contribution >= 4 is 6.16 Å². The Bertz CT molecular complexity index is 422. The lowest BCUT2D eigenvalue weighted by Gasteiger charge is -2.14. The largest absolute Gasteiger partial charge is 0.510 e. The van der Waals surface area contributed by atoms with Gasteiger partial charge >= 0.3 is 6.16 Å². The molecule has 1 N–H and O–H groups in total. The highest BCUT2D eigenvalue weighted by molar-refractivity contribution is 5.60. The first-order valence-electron chi connectivity index (χ1n) is 6.94. The van der Waals surface area contributed by atoms with Gasteiger partial charge in [0.05, 0.1) is 0 Å². The van der Waals surface area contributed by atoms with E-state index in [1.807, 2.05) is 30.3 Å². The van der Waals surface area contributed by atoms with E-state index in [-0.39, 0.29) is 12.8 Å². The normalized spacial score (nSPS) is 28.9. The van der Waals surface area contributed by atoms with Crippen molar-refractivity contribution in [2.24, 2.45) is 5.92 Å². The Labute approximate surface area is 113 Å². The van der Waals surface area contributed by atoms with Crippen LogP contribution in [-0.2, 0) is 16.1 Å². The van der Waals surface area contributed by atoms with Gasteiger partial charge in [-0.3, -0.25) is 5.32 Å². The van der Waals surface area contributed by atoms with Crippen molar-refractivity contribution in [1.82, 2.24) is 5.32 Å². The van der Waals surface area contributed by atoms with Crippen LogP contribution in [0.2, 0.25) is 0 Å². The summed E-state index contributed by atoms with van der Waals surface area (Å²) in [6, 6.07) is 10.2. The second-order valence-corrected chi connectivity index (χ2v) is 5.33. The van der Waals surface area contributed by atoms with Gasteiger partial charge in [0, 0.05) is 12.5 Å². The van der Waals surface area contributed by atoms with Gasteiger partial charge in [0.1, 0.15) is 6.61 Å². The Morgan fingerprint density at radius 2 is 2.11 bits per heavy atom. The summed E-state index contributed by atoms with van der Waals surface area (Å²) in [6.07, 6.45) is 3.90. The summed E-state index contributed by atoms with van der Waals surface area (Å²) < 4.78 is 10.4. The third-order valence-corrected chi connectivity index (χ3v) is 4.01. The number of nitrogens with one attached hydrogen (secondary N) is 1. The predicted molar refractivity (Wildman–Crippen MR) is 70.4 cm³/mol. The second kappa shape index (κ2) is 5.61. The first-order valence-corrected chi connectivity index (χ1v) is 6.94. The Hall–Kier alpha value is -1.55. The fraction of sp³-hybridized carbons (Fsp3) is 0.533. The van der Waals surface area contributed by atoms with Crippen molar-refractivity contribution in [3.8, 4) is 0 Å². The Balaban J connectivity index is 1.42. The van der Waals surface area contributed by atoms with Crippen LogP contribution < -0.4 is 5.32 Å². The monoisotopic (exact) mass is 261 g/mol. The van der Waals surface area contributed by atoms with Gasteiger partial charge in [0.2, 0.25) is 0 Å². The fourth-order valence-corrected chi connectivity index (χ4v) is 3.07. The predicted octanol–water partition coefficient (Wildman–Crippen LogP) is 2.83. The molecule has 4 nitrogen and oxygen atoms in total. The zero-order valence-electron chi connectivity index (χ0n) is 10.9. The van der Waals surface area contributed by atoms with Crippen LogP contribution in [-0.4, -0.2) is 18.4 Å². The van der Waals surface area contributed by atoms with E-state index in [2.05, 4.69) is 5.32 Å². The summed E-state index contributed by atoms with van der Waals surface area (Å²) in [5, 5.41) is 3.36. The Morgan fingerprint density at radius 1 is 1.26 bits per heavy atom. The topological polar surface area (TPSA) is 47.6 Å². The molecule has 102 valence electrons. The van der Waals surface area contributed by atoms with Crippen molar-refractivity contribution in [1.29, 1.82) is 0 Å². The summed E-state index contributed by atoms with van der Waals surface area (Å²) in [5.41, 5.74) is 0.968. The average molecular weight is 261 g/mol. The standard InChI is InChI=1S/C15H19NO3/c17-15(18-10-11-5-2-1-3-6-11)19-14-9-12-7-4-8-13(12)16-14/h1-3,5-6,12-14,16H,4,7-10H2/t12-,13-,14-/m1/s1. The van der Waals surface area contributed by atoms with Gasteiger partial charge in [-0.05, 0) is 24.3 Å². The molecule has 1 aromatic rings. The highest BCUT2D eigenvalue weighted by Gasteiger charge is 2.38. The van der Waals surface area contributed by atoms with Crippen LogP contribution in [0.1, 0.15) is 31.2 Å². The first-order chi connectivity index (χ1) is 9.31. The van der Waals surface area contributed by atoms with Gasteiger partial charge < -0.3 is 9.47 Å². The summed E-state index contributed by atoms with van der Waals surface area (Å²) in [7, 11) is 0. The minimum absolute atomic E-state index is 0.168. The minimum Gasteiger partial charge on any atom is -0.429 e. The molecule has 2 aliphatic rings. The molecular formula is C15H19NO3. The molecule has 3 rings (SSSR count). The lowest BCUT2D eigenvalue weighted by molar-refractivity contribution is 0.0116. The van der Waals surface area contributed by atoms with Crippen LogP contribution in [0.25, 0.3) is 0 Å². The molecule has 19 heavy (non-hydrogen) atoms. The number of rotatable bonds is 3. The van der Waals surface area contributed by atoms with Crippen molar-refractivity contribution in [2.45, 2.75) is 44.6 Å². The Kier molecular flexibility index (Phi) is 3.69. The molecule has 0 radical (unpaired) electrons. The van der Waals surface area contributed by atoms with E-state index >= 15 is 0 Å². The second-order valence-electron chi connectivity index (χ2n) is 5.33. The van der Waals surface area contributed by atoms with Crippen molar-refractivity contribution in [2.75, 3.05) is 0 Å². The number of carbonyl (C=O) groups is 1. The van der Waals surface area contributed by atoms with Crippen LogP contribution in [0.15, 0.2) is 30.3 Å². The Morgan fingerprint density at radius 3 is 2.89 bits per heavy atom. The van der Waals surface area contributed by atoms with Crippen molar-refractivity contribution in [3.05, 3.63) is 35.9 Å². The van der Waals surface area contributed by atoms with Crippen LogP contribution >= 0.6 is 0 Å². The summed E-state index contributed by atoms with van der Waals surface area (Å²) in [4.78, 5) is 11.6. The molecule has 0 spiro atoms. The minimum atomic E-state index is -0.582. The zero-order valence-corrected chi connectivity index (χ0v) is 10.9. The summed E-state index contributed by atoms with van der Waals surface area (Å²) in [6.45, 7) is 0.263. The maximum absolute atomic E-state index is 11.6. The van der Waals surface area contributed by atoms with E-state index in [0.717, 1.165) is 12.0 Å². The van der Waals surface area contributed by atoms with E-state index in [1.54, 1.807) is 0 Å². The molecule has 0 unspecified atom stereocenters. The molecular weight excluding hydrogens is 242 g/mol. The van der Waals surface area contributed by atoms with E-state index in [1.165, 1.54) is 19.3 Å². The third kappa shape index (κ3) is 3.07. The highest BCUT2D eigenvalue weighted by atomic mass is 16.7. The van der Waals surface area contributed by atoms with Gasteiger partial charge in [-0.1, -0.05) is 36.8 Å². The molecule has 1 aliphatic carbocycles. The van der Waals surface area contributed by atoms with E-state index in [4.69, 9.17) is 9.47 Å². The maximum Gasteiger partial charge on any atom is 0.510 e. The molecule has 1 heterocycles. The van der Waals surface area contributed by atoms with Gasteiger partial charge in [-0.25, -0.2) is 4.79 Å². The number of hydrogen-bond acceptors (Lipinski definition) is 4. The number of benzene rings is 1. The fourth-order valence-electron chi connectivity index (χ4n) is 3.07. The van der Waals surface area contributed by atoms with E-state index in [9.17, 15) is 4.79 Å². The first kappa shape index (κ1) is 12.5. The lowest BCUT2D eigenvalue weighted by atomic mass is 10.0. The molecule has 3 atom stereocenters. The van der Waals surface area contributed by atoms with Crippen LogP contribution in [0.5, 0.6) is 0 Å². The third-order valence-electron chi connectivity index (χ3n) is 4.01. The zero-order chi connectivity index (χ0) is 13.1. The van der Waals surface area contributed by atoms with Crippen LogP contribution in [0.3, 0.4) is 0 Å². The molecule has 1 saturated heterocycles. The van der Waals surface area contributed by atoms with Gasteiger partial charge in [0.25, 0.3) is 0 Å². The van der Waals surface area contributed by atoms with E-state index in [0.29, 0.717) is 12.0 Å². The summed E-state index contributed by atoms with van der Waals surface area (Å²) >= 11 is 0. The SMILES string of the molecule is O=C(OCc1ccccc1)O[C@@H]1C[C@H]2CCC[C@H]2N1. The number of ether oxygens (including phenoxy) is 2. The van der Waals surface area contributed by atoms with E-state index < -0.39 is 6.16 Å². The maximum atomic E-state index is 11.6. The molecule has 1 saturated carbocycles.